The van der Waals surface area contributed by atoms with E-state index < -0.39 is 0 Å². The molecular formula is C22H20Cl2O2Zr. The molecule has 4 aromatic carbocycles. The van der Waals surface area contributed by atoms with Gasteiger partial charge in [-0.15, -0.1) is 0 Å². The number of benzene rings is 2. The molecule has 0 aliphatic carbocycles. The SMILES string of the molecule is Oc1ccccc1Cl.Oc1ccccc1Cl.[Zr+2].c1cc[cH-]c1.c1cc[cH-]c1. The molecule has 0 fully saturated rings. The molecule has 0 aromatic heterocycles. The normalized spacial score (nSPS) is 8.37. The van der Waals surface area contributed by atoms with Crippen LogP contribution in [-0.2, 0) is 26.2 Å². The maximum absolute atomic E-state index is 8.79. The number of hydrogen-bond donors (Lipinski definition) is 2. The minimum Gasteiger partial charge on any atom is -0.506 e. The third kappa shape index (κ3) is 13.1. The van der Waals surface area contributed by atoms with E-state index >= 15 is 0 Å². The van der Waals surface area contributed by atoms with Crippen LogP contribution in [0.25, 0.3) is 0 Å². The average Bonchev–Trinajstić information content (AvgIpc) is 3.39. The molecule has 4 rings (SSSR count). The summed E-state index contributed by atoms with van der Waals surface area (Å²) in [6.45, 7) is 0. The van der Waals surface area contributed by atoms with Gasteiger partial charge in [-0.1, -0.05) is 47.5 Å². The minimum atomic E-state index is 0. The Hall–Kier alpha value is -1.80. The Morgan fingerprint density at radius 2 is 0.815 bits per heavy atom. The summed E-state index contributed by atoms with van der Waals surface area (Å²) in [6, 6.07) is 33.3. The topological polar surface area (TPSA) is 40.5 Å². The number of para-hydroxylation sites is 2. The van der Waals surface area contributed by atoms with E-state index in [1.807, 2.05) is 60.7 Å². The molecule has 0 saturated heterocycles. The Balaban J connectivity index is 0.000000337. The largest absolute Gasteiger partial charge is 2.00 e. The van der Waals surface area contributed by atoms with Gasteiger partial charge in [0, 0.05) is 0 Å². The first-order valence-electron chi connectivity index (χ1n) is 7.81. The van der Waals surface area contributed by atoms with Crippen LogP contribution < -0.4 is 0 Å². The molecule has 0 aliphatic heterocycles. The molecule has 0 spiro atoms. The van der Waals surface area contributed by atoms with Gasteiger partial charge in [0.15, 0.2) is 0 Å². The fourth-order valence-electron chi connectivity index (χ4n) is 1.54. The Morgan fingerprint density at radius 1 is 0.519 bits per heavy atom. The van der Waals surface area contributed by atoms with Gasteiger partial charge < -0.3 is 10.2 Å². The fraction of sp³-hybridized carbons (Fsp3) is 0. The molecule has 0 heterocycles. The molecule has 2 N–H and O–H groups in total. The predicted octanol–water partition coefficient (Wildman–Crippen LogP) is 6.90. The van der Waals surface area contributed by atoms with Gasteiger partial charge in [0.1, 0.15) is 11.5 Å². The maximum Gasteiger partial charge on any atom is 2.00 e. The Kier molecular flexibility index (Phi) is 15.3. The van der Waals surface area contributed by atoms with Crippen molar-refractivity contribution in [3.63, 3.8) is 0 Å². The summed E-state index contributed by atoms with van der Waals surface area (Å²) >= 11 is 10.9. The number of phenols is 2. The van der Waals surface area contributed by atoms with Gasteiger partial charge in [0.25, 0.3) is 0 Å². The van der Waals surface area contributed by atoms with Crippen LogP contribution in [0, 0.1) is 0 Å². The molecule has 0 aliphatic rings. The third-order valence-electron chi connectivity index (χ3n) is 2.82. The predicted molar refractivity (Wildman–Crippen MR) is 110 cm³/mol. The molecule has 0 saturated carbocycles. The number of rotatable bonds is 0. The van der Waals surface area contributed by atoms with Crippen molar-refractivity contribution in [1.29, 1.82) is 0 Å². The standard InChI is InChI=1S/2C6H5ClO.2C5H5.Zr/c2*7-5-3-1-2-4-6(5)8;2*1-2-4-5-3-1;/h2*1-4,8H;2*1-5H;/q;;2*-1;+2. The zero-order valence-corrected chi connectivity index (χ0v) is 18.5. The minimum absolute atomic E-state index is 0. The monoisotopic (exact) mass is 476 g/mol. The van der Waals surface area contributed by atoms with Crippen molar-refractivity contribution in [1.82, 2.24) is 0 Å². The third-order valence-corrected chi connectivity index (χ3v) is 3.46. The first-order chi connectivity index (χ1) is 12.6. The van der Waals surface area contributed by atoms with Gasteiger partial charge in [0.05, 0.1) is 10.0 Å². The van der Waals surface area contributed by atoms with Crippen molar-refractivity contribution in [3.8, 4) is 11.5 Å². The smallest absolute Gasteiger partial charge is 0.506 e. The summed E-state index contributed by atoms with van der Waals surface area (Å²) in [4.78, 5) is 0. The van der Waals surface area contributed by atoms with Gasteiger partial charge in [-0.05, 0) is 24.3 Å². The summed E-state index contributed by atoms with van der Waals surface area (Å²) in [7, 11) is 0. The molecule has 0 radical (unpaired) electrons. The fourth-order valence-corrected chi connectivity index (χ4v) is 1.82. The van der Waals surface area contributed by atoms with Crippen molar-refractivity contribution in [3.05, 3.63) is 119 Å². The van der Waals surface area contributed by atoms with Crippen LogP contribution in [-0.4, -0.2) is 10.2 Å². The van der Waals surface area contributed by atoms with Crippen LogP contribution in [0.4, 0.5) is 0 Å². The quantitative estimate of drug-likeness (QED) is 0.270. The molecule has 0 unspecified atom stereocenters. The van der Waals surface area contributed by atoms with E-state index in [4.69, 9.17) is 33.4 Å². The number of phenolic OH excluding ortho intramolecular Hbond substituents is 2. The summed E-state index contributed by atoms with van der Waals surface area (Å²) < 4.78 is 0. The summed E-state index contributed by atoms with van der Waals surface area (Å²) in [6.07, 6.45) is 0. The molecular weight excluding hydrogens is 458 g/mol. The second-order valence-corrected chi connectivity index (χ2v) is 5.64. The van der Waals surface area contributed by atoms with E-state index in [-0.39, 0.29) is 37.7 Å². The van der Waals surface area contributed by atoms with Crippen LogP contribution in [0.1, 0.15) is 0 Å². The molecule has 5 heteroatoms. The molecule has 0 bridgehead atoms. The summed E-state index contributed by atoms with van der Waals surface area (Å²) in [5, 5.41) is 18.4. The van der Waals surface area contributed by atoms with E-state index in [2.05, 4.69) is 0 Å². The first-order valence-corrected chi connectivity index (χ1v) is 8.57. The Bertz CT molecular complexity index is 655. The van der Waals surface area contributed by atoms with Crippen molar-refractivity contribution in [2.45, 2.75) is 0 Å². The summed E-state index contributed by atoms with van der Waals surface area (Å²) in [5.41, 5.74) is 0. The molecule has 2 nitrogen and oxygen atoms in total. The van der Waals surface area contributed by atoms with Crippen LogP contribution >= 0.6 is 23.2 Å². The van der Waals surface area contributed by atoms with Crippen molar-refractivity contribution < 1.29 is 36.4 Å². The number of hydrogen-bond acceptors (Lipinski definition) is 2. The number of aromatic hydroxyl groups is 2. The molecule has 4 aromatic rings. The molecule has 0 atom stereocenters. The van der Waals surface area contributed by atoms with E-state index in [0.717, 1.165) is 0 Å². The zero-order chi connectivity index (χ0) is 19.0. The first kappa shape index (κ1) is 25.2. The summed E-state index contributed by atoms with van der Waals surface area (Å²) in [5.74, 6) is 0.267. The molecule has 27 heavy (non-hydrogen) atoms. The van der Waals surface area contributed by atoms with E-state index in [9.17, 15) is 0 Å². The van der Waals surface area contributed by atoms with Crippen molar-refractivity contribution in [2.24, 2.45) is 0 Å². The van der Waals surface area contributed by atoms with Crippen molar-refractivity contribution in [2.75, 3.05) is 0 Å². The van der Waals surface area contributed by atoms with Crippen molar-refractivity contribution >= 4 is 23.2 Å². The van der Waals surface area contributed by atoms with Gasteiger partial charge in [-0.3, -0.25) is 0 Å². The van der Waals surface area contributed by atoms with Crippen LogP contribution in [0.15, 0.2) is 109 Å². The molecule has 0 amide bonds. The second kappa shape index (κ2) is 16.4. The van der Waals surface area contributed by atoms with E-state index in [1.165, 1.54) is 0 Å². The average molecular weight is 479 g/mol. The van der Waals surface area contributed by atoms with Gasteiger partial charge in [-0.25, -0.2) is 24.3 Å². The molecule has 138 valence electrons. The number of halogens is 2. The zero-order valence-electron chi connectivity index (χ0n) is 14.5. The van der Waals surface area contributed by atoms with Crippen LogP contribution in [0.5, 0.6) is 11.5 Å². The Labute approximate surface area is 189 Å². The van der Waals surface area contributed by atoms with E-state index in [0.29, 0.717) is 10.0 Å². The van der Waals surface area contributed by atoms with Crippen LogP contribution in [0.3, 0.4) is 0 Å². The van der Waals surface area contributed by atoms with Gasteiger partial charge in [0.2, 0.25) is 0 Å². The second-order valence-electron chi connectivity index (χ2n) is 4.83. The maximum atomic E-state index is 8.79. The Morgan fingerprint density at radius 3 is 0.963 bits per heavy atom. The van der Waals surface area contributed by atoms with Gasteiger partial charge in [-0.2, -0.15) is 36.4 Å². The van der Waals surface area contributed by atoms with E-state index in [1.54, 1.807) is 48.5 Å². The van der Waals surface area contributed by atoms with Crippen LogP contribution in [0.2, 0.25) is 10.0 Å². The van der Waals surface area contributed by atoms with Gasteiger partial charge >= 0.3 is 26.2 Å².